The number of hydrogen-bond acceptors (Lipinski definition) is 2. The first-order chi connectivity index (χ1) is 8.15. The summed E-state index contributed by atoms with van der Waals surface area (Å²) in [5.74, 6) is -0.383. The van der Waals surface area contributed by atoms with Crippen molar-refractivity contribution in [1.29, 1.82) is 0 Å². The zero-order valence-electron chi connectivity index (χ0n) is 9.71. The number of anilines is 2. The van der Waals surface area contributed by atoms with Crippen molar-refractivity contribution in [2.75, 3.05) is 11.1 Å². The van der Waals surface area contributed by atoms with Crippen molar-refractivity contribution in [3.05, 3.63) is 24.0 Å². The van der Waals surface area contributed by atoms with E-state index in [9.17, 15) is 9.18 Å². The largest absolute Gasteiger partial charge is 0.399 e. The summed E-state index contributed by atoms with van der Waals surface area (Å²) in [6.07, 6.45) is 5.26. The summed E-state index contributed by atoms with van der Waals surface area (Å²) in [4.78, 5) is 11.9. The fourth-order valence-corrected chi connectivity index (χ4v) is 2.29. The van der Waals surface area contributed by atoms with E-state index in [1.165, 1.54) is 18.6 Å². The Hall–Kier alpha value is -1.58. The van der Waals surface area contributed by atoms with Gasteiger partial charge < -0.3 is 11.1 Å². The highest BCUT2D eigenvalue weighted by molar-refractivity contribution is 5.93. The zero-order valence-corrected chi connectivity index (χ0v) is 9.71. The van der Waals surface area contributed by atoms with Gasteiger partial charge in [0.15, 0.2) is 0 Å². The van der Waals surface area contributed by atoms with Crippen molar-refractivity contribution in [1.82, 2.24) is 0 Å². The van der Waals surface area contributed by atoms with Crippen molar-refractivity contribution in [3.8, 4) is 0 Å². The summed E-state index contributed by atoms with van der Waals surface area (Å²) in [5.41, 5.74) is 6.29. The van der Waals surface area contributed by atoms with Crippen LogP contribution < -0.4 is 11.1 Å². The molecule has 1 amide bonds. The smallest absolute Gasteiger partial charge is 0.227 e. The van der Waals surface area contributed by atoms with Crippen LogP contribution in [-0.2, 0) is 4.79 Å². The Balaban J connectivity index is 2.01. The normalized spacial score (nSPS) is 16.8. The van der Waals surface area contributed by atoms with Gasteiger partial charge in [0.1, 0.15) is 5.82 Å². The lowest BCUT2D eigenvalue weighted by Crippen LogP contribution is -2.24. The van der Waals surface area contributed by atoms with Gasteiger partial charge in [-0.3, -0.25) is 4.79 Å². The van der Waals surface area contributed by atoms with Crippen LogP contribution in [0.25, 0.3) is 0 Å². The molecule has 0 aromatic heterocycles. The Kier molecular flexibility index (Phi) is 3.61. The van der Waals surface area contributed by atoms with E-state index in [1.54, 1.807) is 6.07 Å². The Bertz CT molecular complexity index is 394. The first kappa shape index (κ1) is 11.9. The van der Waals surface area contributed by atoms with Gasteiger partial charge in [-0.15, -0.1) is 0 Å². The number of nitrogens with two attached hydrogens (primary N) is 1. The van der Waals surface area contributed by atoms with Crippen molar-refractivity contribution in [3.63, 3.8) is 0 Å². The van der Waals surface area contributed by atoms with Gasteiger partial charge in [-0.25, -0.2) is 4.39 Å². The second-order valence-electron chi connectivity index (χ2n) is 4.60. The highest BCUT2D eigenvalue weighted by atomic mass is 19.1. The molecule has 1 aliphatic carbocycles. The van der Waals surface area contributed by atoms with Crippen LogP contribution in [0.5, 0.6) is 0 Å². The molecule has 1 aliphatic rings. The first-order valence-electron chi connectivity index (χ1n) is 6.02. The van der Waals surface area contributed by atoms with Crippen LogP contribution in [0, 0.1) is 11.7 Å². The molecule has 0 atom stereocenters. The molecule has 0 heterocycles. The average Bonchev–Trinajstić information content (AvgIpc) is 2.28. The number of carbonyl (C=O) groups excluding carboxylic acids is 1. The lowest BCUT2D eigenvalue weighted by molar-refractivity contribution is -0.120. The molecule has 0 radical (unpaired) electrons. The number of hydrogen-bond donors (Lipinski definition) is 2. The van der Waals surface area contributed by atoms with E-state index in [2.05, 4.69) is 5.32 Å². The Morgan fingerprint density at radius 3 is 2.59 bits per heavy atom. The van der Waals surface area contributed by atoms with Crippen molar-refractivity contribution in [2.24, 2.45) is 5.92 Å². The van der Waals surface area contributed by atoms with Crippen LogP contribution in [0.4, 0.5) is 15.8 Å². The van der Waals surface area contributed by atoms with E-state index in [-0.39, 0.29) is 11.8 Å². The summed E-state index contributed by atoms with van der Waals surface area (Å²) in [6, 6.07) is 4.09. The van der Waals surface area contributed by atoms with Crippen LogP contribution >= 0.6 is 0 Å². The summed E-state index contributed by atoms with van der Waals surface area (Å²) in [5, 5.41) is 2.73. The van der Waals surface area contributed by atoms with Gasteiger partial charge >= 0.3 is 0 Å². The third-order valence-corrected chi connectivity index (χ3v) is 3.16. The minimum Gasteiger partial charge on any atom is -0.399 e. The summed E-state index contributed by atoms with van der Waals surface area (Å²) < 4.78 is 13.1. The van der Waals surface area contributed by atoms with Crippen LogP contribution in [0.2, 0.25) is 0 Å². The fourth-order valence-electron chi connectivity index (χ4n) is 2.29. The Labute approximate surface area is 100 Å². The fraction of sp³-hybridized carbons (Fsp3) is 0.462. The van der Waals surface area contributed by atoms with E-state index in [0.717, 1.165) is 25.7 Å². The third kappa shape index (κ3) is 3.19. The van der Waals surface area contributed by atoms with E-state index in [4.69, 9.17) is 5.73 Å². The van der Waals surface area contributed by atoms with Crippen molar-refractivity contribution >= 4 is 17.3 Å². The Morgan fingerprint density at radius 2 is 1.94 bits per heavy atom. The maximum absolute atomic E-state index is 13.1. The molecule has 1 aromatic rings. The summed E-state index contributed by atoms with van der Waals surface area (Å²) >= 11 is 0. The number of nitrogens with one attached hydrogen (secondary N) is 1. The summed E-state index contributed by atoms with van der Waals surface area (Å²) in [7, 11) is 0. The molecule has 3 nitrogen and oxygen atoms in total. The lowest BCUT2D eigenvalue weighted by Gasteiger charge is -2.20. The molecule has 3 N–H and O–H groups in total. The standard InChI is InChI=1S/C13H17FN2O/c14-10-6-11(15)8-12(7-10)16-13(17)9-4-2-1-3-5-9/h6-9H,1-5,15H2,(H,16,17). The highest BCUT2D eigenvalue weighted by Gasteiger charge is 2.21. The number of amides is 1. The quantitative estimate of drug-likeness (QED) is 0.776. The van der Waals surface area contributed by atoms with Gasteiger partial charge in [0.2, 0.25) is 5.91 Å². The second kappa shape index (κ2) is 5.17. The van der Waals surface area contributed by atoms with Gasteiger partial charge in [-0.2, -0.15) is 0 Å². The van der Waals surface area contributed by atoms with Crippen LogP contribution in [0.15, 0.2) is 18.2 Å². The van der Waals surface area contributed by atoms with E-state index in [1.807, 2.05) is 0 Å². The number of rotatable bonds is 2. The topological polar surface area (TPSA) is 55.1 Å². The molecule has 1 aromatic carbocycles. The molecule has 0 saturated heterocycles. The van der Waals surface area contributed by atoms with Crippen molar-refractivity contribution in [2.45, 2.75) is 32.1 Å². The van der Waals surface area contributed by atoms with Crippen molar-refractivity contribution < 1.29 is 9.18 Å². The number of benzene rings is 1. The molecule has 1 fully saturated rings. The molecule has 0 bridgehead atoms. The third-order valence-electron chi connectivity index (χ3n) is 3.16. The molecule has 2 rings (SSSR count). The van der Waals surface area contributed by atoms with Gasteiger partial charge in [-0.05, 0) is 31.0 Å². The number of halogens is 1. The molecular weight excluding hydrogens is 219 g/mol. The van der Waals surface area contributed by atoms with Gasteiger partial charge in [-0.1, -0.05) is 19.3 Å². The van der Waals surface area contributed by atoms with Crippen LogP contribution in [0.1, 0.15) is 32.1 Å². The van der Waals surface area contributed by atoms with E-state index >= 15 is 0 Å². The predicted molar refractivity (Wildman–Crippen MR) is 66.0 cm³/mol. The highest BCUT2D eigenvalue weighted by Crippen LogP contribution is 2.25. The van der Waals surface area contributed by atoms with Gasteiger partial charge in [0.05, 0.1) is 0 Å². The molecule has 17 heavy (non-hydrogen) atoms. The monoisotopic (exact) mass is 236 g/mol. The SMILES string of the molecule is Nc1cc(F)cc(NC(=O)C2CCCCC2)c1. The molecule has 1 saturated carbocycles. The molecule has 92 valence electrons. The molecule has 4 heteroatoms. The minimum absolute atomic E-state index is 0.0188. The molecule has 0 spiro atoms. The minimum atomic E-state index is -0.427. The lowest BCUT2D eigenvalue weighted by atomic mass is 9.88. The first-order valence-corrected chi connectivity index (χ1v) is 6.02. The van der Waals surface area contributed by atoms with E-state index < -0.39 is 5.82 Å². The maximum Gasteiger partial charge on any atom is 0.227 e. The van der Waals surface area contributed by atoms with Gasteiger partial charge in [0.25, 0.3) is 0 Å². The predicted octanol–water partition coefficient (Wildman–Crippen LogP) is 2.93. The Morgan fingerprint density at radius 1 is 1.24 bits per heavy atom. The average molecular weight is 236 g/mol. The zero-order chi connectivity index (χ0) is 12.3. The van der Waals surface area contributed by atoms with Crippen LogP contribution in [0.3, 0.4) is 0 Å². The van der Waals surface area contributed by atoms with Gasteiger partial charge in [0, 0.05) is 17.3 Å². The van der Waals surface area contributed by atoms with E-state index in [0.29, 0.717) is 11.4 Å². The second-order valence-corrected chi connectivity index (χ2v) is 4.60. The summed E-state index contributed by atoms with van der Waals surface area (Å²) in [6.45, 7) is 0. The number of nitrogen functional groups attached to an aromatic ring is 1. The molecule has 0 unspecified atom stereocenters. The molecular formula is C13H17FN2O. The maximum atomic E-state index is 13.1. The molecule has 0 aliphatic heterocycles. The number of carbonyl (C=O) groups is 1. The van der Waals surface area contributed by atoms with Crippen LogP contribution in [-0.4, -0.2) is 5.91 Å².